The lowest BCUT2D eigenvalue weighted by Gasteiger charge is -2.17. The Bertz CT molecular complexity index is 1190. The first-order chi connectivity index (χ1) is 15.1. The molecule has 160 valence electrons. The van der Waals surface area contributed by atoms with Crippen LogP contribution in [0.4, 0.5) is 0 Å². The van der Waals surface area contributed by atoms with Crippen molar-refractivity contribution in [2.75, 3.05) is 0 Å². The van der Waals surface area contributed by atoms with E-state index in [0.717, 1.165) is 29.4 Å². The van der Waals surface area contributed by atoms with Gasteiger partial charge in [0.15, 0.2) is 5.76 Å². The minimum atomic E-state index is -0.439. The Balaban J connectivity index is 1.39. The minimum Gasteiger partial charge on any atom is -0.459 e. The van der Waals surface area contributed by atoms with Gasteiger partial charge in [0.1, 0.15) is 11.6 Å². The summed E-state index contributed by atoms with van der Waals surface area (Å²) in [6.07, 6.45) is 6.24. The predicted molar refractivity (Wildman–Crippen MR) is 112 cm³/mol. The van der Waals surface area contributed by atoms with Crippen LogP contribution >= 0.6 is 0 Å². The van der Waals surface area contributed by atoms with Crippen LogP contribution in [-0.2, 0) is 0 Å². The Morgan fingerprint density at radius 1 is 1.23 bits per heavy atom. The Kier molecular flexibility index (Phi) is 5.01. The van der Waals surface area contributed by atoms with Crippen molar-refractivity contribution in [3.05, 3.63) is 48.2 Å². The highest BCUT2D eigenvalue weighted by atomic mass is 16.5. The van der Waals surface area contributed by atoms with Crippen LogP contribution in [0.2, 0.25) is 0 Å². The van der Waals surface area contributed by atoms with E-state index in [4.69, 9.17) is 8.94 Å². The minimum absolute atomic E-state index is 0.0426. The number of hydrogen-bond acceptors (Lipinski definition) is 7. The molecule has 1 aliphatic carbocycles. The number of amides is 1. The second kappa shape index (κ2) is 7.98. The van der Waals surface area contributed by atoms with Crippen LogP contribution < -0.4 is 5.32 Å². The molecular formula is C22H24N6O3. The summed E-state index contributed by atoms with van der Waals surface area (Å²) in [4.78, 5) is 17.0. The highest BCUT2D eigenvalue weighted by Gasteiger charge is 2.26. The molecule has 9 heteroatoms. The van der Waals surface area contributed by atoms with Gasteiger partial charge >= 0.3 is 0 Å². The summed E-state index contributed by atoms with van der Waals surface area (Å²) >= 11 is 0. The summed E-state index contributed by atoms with van der Waals surface area (Å²) in [6.45, 7) is 3.95. The van der Waals surface area contributed by atoms with Crippen molar-refractivity contribution in [2.24, 2.45) is 5.92 Å². The van der Waals surface area contributed by atoms with Crippen molar-refractivity contribution in [2.45, 2.75) is 51.6 Å². The molecule has 0 radical (unpaired) electrons. The Morgan fingerprint density at radius 2 is 2.06 bits per heavy atom. The van der Waals surface area contributed by atoms with Gasteiger partial charge in [-0.3, -0.25) is 4.79 Å². The number of benzene rings is 1. The van der Waals surface area contributed by atoms with E-state index >= 15 is 0 Å². The molecule has 3 aromatic heterocycles. The fourth-order valence-electron chi connectivity index (χ4n) is 4.11. The lowest BCUT2D eigenvalue weighted by molar-refractivity contribution is 0.0885. The van der Waals surface area contributed by atoms with E-state index in [0.29, 0.717) is 17.8 Å². The van der Waals surface area contributed by atoms with Crippen molar-refractivity contribution < 1.29 is 13.7 Å². The molecule has 4 aromatic rings. The van der Waals surface area contributed by atoms with Crippen molar-refractivity contribution in [1.29, 1.82) is 0 Å². The standard InChI is InChI=1S/C22H24N6O3/c1-13(2)19(23-21(29)18-8-5-11-30-18)22-24-20(26-31-22)14-9-10-17-16(12-14)25-27-28(17)15-6-3-4-7-15/h5,8-13,15,19H,3-4,6-7H2,1-2H3,(H,23,29)/t19-/m0/s1. The van der Waals surface area contributed by atoms with E-state index in [2.05, 4.69) is 25.8 Å². The van der Waals surface area contributed by atoms with Gasteiger partial charge in [-0.1, -0.05) is 37.1 Å². The molecule has 1 N–H and O–H groups in total. The zero-order valence-corrected chi connectivity index (χ0v) is 17.5. The van der Waals surface area contributed by atoms with E-state index in [-0.39, 0.29) is 17.6 Å². The number of carbonyl (C=O) groups excluding carboxylic acids is 1. The fraction of sp³-hybridized carbons (Fsp3) is 0.409. The second-order valence-electron chi connectivity index (χ2n) is 8.30. The molecule has 9 nitrogen and oxygen atoms in total. The summed E-state index contributed by atoms with van der Waals surface area (Å²) in [5.74, 6) is 0.750. The smallest absolute Gasteiger partial charge is 0.287 e. The summed E-state index contributed by atoms with van der Waals surface area (Å²) in [6, 6.07) is 9.16. The van der Waals surface area contributed by atoms with Gasteiger partial charge in [-0.25, -0.2) is 4.68 Å². The van der Waals surface area contributed by atoms with Gasteiger partial charge in [0.25, 0.3) is 5.91 Å². The monoisotopic (exact) mass is 420 g/mol. The molecule has 0 saturated heterocycles. The number of furan rings is 1. The molecule has 3 heterocycles. The Labute approximate surface area is 178 Å². The van der Waals surface area contributed by atoms with Gasteiger partial charge in [0.2, 0.25) is 11.7 Å². The molecule has 1 aromatic carbocycles. The summed E-state index contributed by atoms with van der Waals surface area (Å²) in [7, 11) is 0. The first-order valence-corrected chi connectivity index (χ1v) is 10.6. The van der Waals surface area contributed by atoms with Gasteiger partial charge in [-0.2, -0.15) is 4.98 Å². The molecule has 31 heavy (non-hydrogen) atoms. The Hall–Kier alpha value is -3.49. The van der Waals surface area contributed by atoms with Gasteiger partial charge < -0.3 is 14.3 Å². The van der Waals surface area contributed by atoms with E-state index in [1.165, 1.54) is 19.1 Å². The maximum atomic E-state index is 12.4. The molecule has 1 amide bonds. The van der Waals surface area contributed by atoms with Crippen molar-refractivity contribution >= 4 is 16.9 Å². The average Bonchev–Trinajstić information content (AvgIpc) is 3.55. The van der Waals surface area contributed by atoms with Crippen LogP contribution in [0.25, 0.3) is 22.4 Å². The van der Waals surface area contributed by atoms with Crippen molar-refractivity contribution in [1.82, 2.24) is 30.5 Å². The lowest BCUT2D eigenvalue weighted by Crippen LogP contribution is -2.31. The molecule has 1 atom stereocenters. The van der Waals surface area contributed by atoms with Gasteiger partial charge in [0, 0.05) is 5.56 Å². The third-order valence-corrected chi connectivity index (χ3v) is 5.81. The zero-order valence-electron chi connectivity index (χ0n) is 17.5. The number of nitrogens with one attached hydrogen (secondary N) is 1. The summed E-state index contributed by atoms with van der Waals surface area (Å²) in [5, 5.41) is 15.8. The number of aromatic nitrogens is 5. The third kappa shape index (κ3) is 3.71. The molecule has 0 aliphatic heterocycles. The third-order valence-electron chi connectivity index (χ3n) is 5.81. The maximum absolute atomic E-state index is 12.4. The first kappa shape index (κ1) is 19.5. The molecule has 1 saturated carbocycles. The molecule has 0 bridgehead atoms. The quantitative estimate of drug-likeness (QED) is 0.494. The van der Waals surface area contributed by atoms with E-state index in [1.807, 2.05) is 36.7 Å². The second-order valence-corrected chi connectivity index (χ2v) is 8.30. The van der Waals surface area contributed by atoms with Crippen LogP contribution in [0, 0.1) is 5.92 Å². The molecule has 0 unspecified atom stereocenters. The summed E-state index contributed by atoms with van der Waals surface area (Å²) in [5.41, 5.74) is 2.62. The molecule has 5 rings (SSSR count). The van der Waals surface area contributed by atoms with Crippen molar-refractivity contribution in [3.8, 4) is 11.4 Å². The fourth-order valence-corrected chi connectivity index (χ4v) is 4.11. The average molecular weight is 420 g/mol. The first-order valence-electron chi connectivity index (χ1n) is 10.6. The van der Waals surface area contributed by atoms with Crippen LogP contribution in [-0.4, -0.2) is 31.0 Å². The van der Waals surface area contributed by atoms with Crippen LogP contribution in [0.5, 0.6) is 0 Å². The number of carbonyl (C=O) groups is 1. The normalized spacial score (nSPS) is 15.7. The topological polar surface area (TPSA) is 112 Å². The van der Waals surface area contributed by atoms with Gasteiger partial charge in [-0.15, -0.1) is 5.10 Å². The van der Waals surface area contributed by atoms with E-state index in [9.17, 15) is 4.79 Å². The zero-order chi connectivity index (χ0) is 21.4. The van der Waals surface area contributed by atoms with E-state index < -0.39 is 6.04 Å². The number of nitrogens with zero attached hydrogens (tertiary/aromatic N) is 5. The highest BCUT2D eigenvalue weighted by molar-refractivity contribution is 5.91. The van der Waals surface area contributed by atoms with Gasteiger partial charge in [0.05, 0.1) is 17.8 Å². The molecule has 1 aliphatic rings. The van der Waals surface area contributed by atoms with Crippen LogP contribution in [0.3, 0.4) is 0 Å². The number of rotatable bonds is 6. The predicted octanol–water partition coefficient (Wildman–Crippen LogP) is 4.32. The SMILES string of the molecule is CC(C)[C@H](NC(=O)c1ccco1)c1nc(-c2ccc3c(c2)nnn3C2CCCC2)no1. The molecule has 1 fully saturated rings. The largest absolute Gasteiger partial charge is 0.459 e. The van der Waals surface area contributed by atoms with Crippen LogP contribution in [0.1, 0.15) is 68.1 Å². The number of fused-ring (bicyclic) bond motifs is 1. The Morgan fingerprint density at radius 3 is 2.81 bits per heavy atom. The molecule has 0 spiro atoms. The van der Waals surface area contributed by atoms with Crippen LogP contribution in [0.15, 0.2) is 45.5 Å². The summed E-state index contributed by atoms with van der Waals surface area (Å²) < 4.78 is 12.7. The molecular weight excluding hydrogens is 396 g/mol. The van der Waals surface area contributed by atoms with Crippen molar-refractivity contribution in [3.63, 3.8) is 0 Å². The lowest BCUT2D eigenvalue weighted by atomic mass is 10.0. The maximum Gasteiger partial charge on any atom is 0.287 e. The number of hydrogen-bond donors (Lipinski definition) is 1. The van der Waals surface area contributed by atoms with Gasteiger partial charge in [-0.05, 0) is 49.1 Å². The highest BCUT2D eigenvalue weighted by Crippen LogP contribution is 2.32. The van der Waals surface area contributed by atoms with E-state index in [1.54, 1.807) is 12.1 Å².